The Hall–Kier alpha value is -0.570. The van der Waals surface area contributed by atoms with Crippen LogP contribution >= 0.6 is 11.6 Å². The minimum atomic E-state index is -0.219. The summed E-state index contributed by atoms with van der Waals surface area (Å²) in [6.45, 7) is 6.45. The number of hydrogen-bond acceptors (Lipinski definition) is 2. The molecule has 2 N–H and O–H groups in total. The largest absolute Gasteiger partial charge is 0.367 e. The van der Waals surface area contributed by atoms with Gasteiger partial charge in [-0.1, -0.05) is 29.8 Å². The summed E-state index contributed by atoms with van der Waals surface area (Å²) >= 11 is 6.09. The van der Waals surface area contributed by atoms with E-state index in [9.17, 15) is 0 Å². The van der Waals surface area contributed by atoms with Crippen molar-refractivity contribution in [3.05, 3.63) is 34.9 Å². The zero-order valence-electron chi connectivity index (χ0n) is 9.46. The Morgan fingerprint density at radius 2 is 1.93 bits per heavy atom. The Labute approximate surface area is 96.4 Å². The molecule has 0 saturated heterocycles. The van der Waals surface area contributed by atoms with Crippen LogP contribution in [0.1, 0.15) is 32.4 Å². The van der Waals surface area contributed by atoms with Crippen LogP contribution in [0, 0.1) is 0 Å². The molecule has 0 radical (unpaired) electrons. The van der Waals surface area contributed by atoms with Gasteiger partial charge in [0.15, 0.2) is 0 Å². The topological polar surface area (TPSA) is 35.2 Å². The highest BCUT2D eigenvalue weighted by Crippen LogP contribution is 2.28. The van der Waals surface area contributed by atoms with E-state index in [0.29, 0.717) is 11.6 Å². The molecule has 1 aromatic carbocycles. The Morgan fingerprint density at radius 3 is 2.40 bits per heavy atom. The molecule has 0 saturated carbocycles. The molecule has 3 heteroatoms. The fraction of sp³-hybridized carbons (Fsp3) is 0.500. The van der Waals surface area contributed by atoms with E-state index in [4.69, 9.17) is 22.1 Å². The molecule has 0 aliphatic carbocycles. The van der Waals surface area contributed by atoms with Gasteiger partial charge in [-0.25, -0.2) is 0 Å². The molecule has 0 aliphatic rings. The zero-order chi connectivity index (χ0) is 11.5. The molecule has 1 atom stereocenters. The van der Waals surface area contributed by atoms with Gasteiger partial charge in [0.25, 0.3) is 0 Å². The van der Waals surface area contributed by atoms with Gasteiger partial charge in [-0.15, -0.1) is 0 Å². The lowest BCUT2D eigenvalue weighted by Gasteiger charge is -2.27. The molecule has 84 valence electrons. The molecule has 2 nitrogen and oxygen atoms in total. The van der Waals surface area contributed by atoms with Gasteiger partial charge >= 0.3 is 0 Å². The van der Waals surface area contributed by atoms with Gasteiger partial charge in [-0.2, -0.15) is 0 Å². The van der Waals surface area contributed by atoms with E-state index in [1.807, 2.05) is 45.0 Å². The minimum Gasteiger partial charge on any atom is -0.367 e. The van der Waals surface area contributed by atoms with E-state index in [1.165, 1.54) is 0 Å². The first-order valence-corrected chi connectivity index (χ1v) is 5.44. The molecule has 1 rings (SSSR count). The molecule has 1 unspecified atom stereocenters. The molecule has 15 heavy (non-hydrogen) atoms. The predicted octanol–water partition coefficient (Wildman–Crippen LogP) is 3.15. The normalized spacial score (nSPS) is 13.9. The van der Waals surface area contributed by atoms with Crippen LogP contribution in [0.15, 0.2) is 24.3 Å². The van der Waals surface area contributed by atoms with E-state index in [2.05, 4.69) is 0 Å². The summed E-state index contributed by atoms with van der Waals surface area (Å²) in [6, 6.07) is 7.64. The number of nitrogens with two attached hydrogens (primary N) is 1. The Kier molecular flexibility index (Phi) is 4.14. The first-order valence-electron chi connectivity index (χ1n) is 5.06. The summed E-state index contributed by atoms with van der Waals surface area (Å²) in [6.07, 6.45) is -0.140. The molecular weight excluding hydrogens is 210 g/mol. The van der Waals surface area contributed by atoms with Crippen LogP contribution in [-0.4, -0.2) is 12.1 Å². The fourth-order valence-corrected chi connectivity index (χ4v) is 1.66. The Bertz CT molecular complexity index is 320. The van der Waals surface area contributed by atoms with Gasteiger partial charge in [-0.05, 0) is 26.8 Å². The summed E-state index contributed by atoms with van der Waals surface area (Å²) in [5.41, 5.74) is 6.43. The summed E-state index contributed by atoms with van der Waals surface area (Å²) in [5.74, 6) is 0. The summed E-state index contributed by atoms with van der Waals surface area (Å²) < 4.78 is 5.84. The third-order valence-corrected chi connectivity index (χ3v) is 2.31. The average molecular weight is 228 g/mol. The number of rotatable bonds is 3. The second kappa shape index (κ2) is 4.97. The molecular formula is C12H18ClNO. The van der Waals surface area contributed by atoms with Crippen LogP contribution in [0.5, 0.6) is 0 Å². The van der Waals surface area contributed by atoms with Crippen molar-refractivity contribution in [2.75, 3.05) is 6.54 Å². The number of benzene rings is 1. The van der Waals surface area contributed by atoms with Crippen LogP contribution in [0.2, 0.25) is 5.02 Å². The average Bonchev–Trinajstić information content (AvgIpc) is 2.14. The molecule has 0 fully saturated rings. The van der Waals surface area contributed by atoms with E-state index in [-0.39, 0.29) is 11.7 Å². The van der Waals surface area contributed by atoms with Crippen molar-refractivity contribution >= 4 is 11.6 Å². The van der Waals surface area contributed by atoms with Crippen molar-refractivity contribution in [1.29, 1.82) is 0 Å². The van der Waals surface area contributed by atoms with Gasteiger partial charge in [0.1, 0.15) is 0 Å². The van der Waals surface area contributed by atoms with Gasteiger partial charge in [0.05, 0.1) is 11.7 Å². The quantitative estimate of drug-likeness (QED) is 0.861. The second-order valence-corrected chi connectivity index (χ2v) is 4.88. The predicted molar refractivity (Wildman–Crippen MR) is 64.1 cm³/mol. The van der Waals surface area contributed by atoms with Gasteiger partial charge < -0.3 is 10.5 Å². The van der Waals surface area contributed by atoms with Crippen molar-refractivity contribution < 1.29 is 4.74 Å². The lowest BCUT2D eigenvalue weighted by Crippen LogP contribution is -2.27. The van der Waals surface area contributed by atoms with Gasteiger partial charge in [0.2, 0.25) is 0 Å². The lowest BCUT2D eigenvalue weighted by molar-refractivity contribution is -0.0572. The lowest BCUT2D eigenvalue weighted by atomic mass is 10.1. The molecule has 1 aromatic rings. The maximum atomic E-state index is 6.09. The SMILES string of the molecule is CC(C)(C)OC(CN)c1ccccc1Cl. The maximum absolute atomic E-state index is 6.09. The summed E-state index contributed by atoms with van der Waals surface area (Å²) in [4.78, 5) is 0. The number of ether oxygens (including phenoxy) is 1. The van der Waals surface area contributed by atoms with Crippen LogP contribution in [0.3, 0.4) is 0 Å². The highest BCUT2D eigenvalue weighted by molar-refractivity contribution is 6.31. The molecule has 0 amide bonds. The second-order valence-electron chi connectivity index (χ2n) is 4.48. The van der Waals surface area contributed by atoms with Crippen molar-refractivity contribution in [3.63, 3.8) is 0 Å². The summed E-state index contributed by atoms with van der Waals surface area (Å²) in [5, 5.41) is 0.706. The molecule has 0 aromatic heterocycles. The number of hydrogen-bond donors (Lipinski definition) is 1. The standard InChI is InChI=1S/C12H18ClNO/c1-12(2,3)15-11(8-14)9-6-4-5-7-10(9)13/h4-7,11H,8,14H2,1-3H3. The molecule has 0 aliphatic heterocycles. The van der Waals surface area contributed by atoms with Crippen LogP contribution < -0.4 is 5.73 Å². The third kappa shape index (κ3) is 3.82. The van der Waals surface area contributed by atoms with E-state index in [0.717, 1.165) is 5.56 Å². The number of halogens is 1. The van der Waals surface area contributed by atoms with Crippen LogP contribution in [0.25, 0.3) is 0 Å². The minimum absolute atomic E-state index is 0.140. The maximum Gasteiger partial charge on any atom is 0.0968 e. The van der Waals surface area contributed by atoms with E-state index >= 15 is 0 Å². The van der Waals surface area contributed by atoms with Crippen molar-refractivity contribution in [1.82, 2.24) is 0 Å². The van der Waals surface area contributed by atoms with Crippen LogP contribution in [-0.2, 0) is 4.74 Å². The zero-order valence-corrected chi connectivity index (χ0v) is 10.2. The van der Waals surface area contributed by atoms with E-state index in [1.54, 1.807) is 0 Å². The van der Waals surface area contributed by atoms with Crippen molar-refractivity contribution in [2.45, 2.75) is 32.5 Å². The molecule has 0 heterocycles. The summed E-state index contributed by atoms with van der Waals surface area (Å²) in [7, 11) is 0. The first-order chi connectivity index (χ1) is 6.94. The van der Waals surface area contributed by atoms with Crippen LogP contribution in [0.4, 0.5) is 0 Å². The molecule has 0 bridgehead atoms. The first kappa shape index (κ1) is 12.5. The Balaban J connectivity index is 2.88. The van der Waals surface area contributed by atoms with Gasteiger partial charge in [0, 0.05) is 17.1 Å². The smallest absolute Gasteiger partial charge is 0.0968 e. The molecule has 0 spiro atoms. The monoisotopic (exact) mass is 227 g/mol. The highest BCUT2D eigenvalue weighted by Gasteiger charge is 2.20. The Morgan fingerprint density at radius 1 is 1.33 bits per heavy atom. The fourth-order valence-electron chi connectivity index (χ4n) is 1.40. The van der Waals surface area contributed by atoms with Crippen molar-refractivity contribution in [3.8, 4) is 0 Å². The van der Waals surface area contributed by atoms with Gasteiger partial charge in [-0.3, -0.25) is 0 Å². The third-order valence-electron chi connectivity index (χ3n) is 1.96. The van der Waals surface area contributed by atoms with E-state index < -0.39 is 0 Å². The van der Waals surface area contributed by atoms with Crippen molar-refractivity contribution in [2.24, 2.45) is 5.73 Å². The highest BCUT2D eigenvalue weighted by atomic mass is 35.5.